The summed E-state index contributed by atoms with van der Waals surface area (Å²) < 4.78 is 50.3. The van der Waals surface area contributed by atoms with Gasteiger partial charge in [-0.1, -0.05) is 0 Å². The quantitative estimate of drug-likeness (QED) is 0.473. The first kappa shape index (κ1) is 10.2. The molecular formula is C5H5F4NO. The van der Waals surface area contributed by atoms with Crippen LogP contribution in [0.15, 0.2) is 0 Å². The lowest BCUT2D eigenvalue weighted by Crippen LogP contribution is -2.32. The van der Waals surface area contributed by atoms with Crippen LogP contribution in [0.4, 0.5) is 17.6 Å². The molecule has 6 heteroatoms. The summed E-state index contributed by atoms with van der Waals surface area (Å²) in [6, 6.07) is 1.38. The largest absolute Gasteiger partial charge is 0.360 e. The van der Waals surface area contributed by atoms with Gasteiger partial charge in [-0.25, -0.2) is 8.78 Å². The zero-order chi connectivity index (χ0) is 8.91. The summed E-state index contributed by atoms with van der Waals surface area (Å²) in [5, 5.41) is 7.79. The molecule has 0 fully saturated rings. The Labute approximate surface area is 60.4 Å². The zero-order valence-corrected chi connectivity index (χ0v) is 5.36. The molecule has 0 saturated heterocycles. The van der Waals surface area contributed by atoms with Crippen LogP contribution >= 0.6 is 0 Å². The Morgan fingerprint density at radius 1 is 1.45 bits per heavy atom. The van der Waals surface area contributed by atoms with Crippen LogP contribution in [0, 0.1) is 11.3 Å². The molecule has 0 N–H and O–H groups in total. The number of hydrogen-bond donors (Lipinski definition) is 0. The molecule has 0 aliphatic heterocycles. The molecule has 0 spiro atoms. The lowest BCUT2D eigenvalue weighted by Gasteiger charge is -2.13. The van der Waals surface area contributed by atoms with Crippen molar-refractivity contribution >= 4 is 0 Å². The van der Waals surface area contributed by atoms with Gasteiger partial charge in [0.15, 0.2) is 0 Å². The molecule has 0 aromatic rings. The van der Waals surface area contributed by atoms with Crippen molar-refractivity contribution in [1.29, 1.82) is 5.26 Å². The molecule has 0 radical (unpaired) electrons. The number of nitrogens with zero attached hydrogens (tertiary/aromatic N) is 1. The number of nitriles is 1. The van der Waals surface area contributed by atoms with Gasteiger partial charge in [-0.05, 0) is 0 Å². The van der Waals surface area contributed by atoms with Gasteiger partial charge in [0.25, 0.3) is 0 Å². The van der Waals surface area contributed by atoms with Crippen molar-refractivity contribution in [2.24, 2.45) is 0 Å². The average Bonchev–Trinajstić information content (AvgIpc) is 1.88. The van der Waals surface area contributed by atoms with E-state index in [9.17, 15) is 17.6 Å². The molecule has 2 nitrogen and oxygen atoms in total. The van der Waals surface area contributed by atoms with E-state index in [0.29, 0.717) is 0 Å². The molecule has 0 unspecified atom stereocenters. The lowest BCUT2D eigenvalue weighted by molar-refractivity contribution is -0.162. The first-order valence-electron chi connectivity index (χ1n) is 2.61. The molecule has 0 aromatic heterocycles. The maximum absolute atomic E-state index is 11.9. The highest BCUT2D eigenvalue weighted by atomic mass is 19.3. The average molecular weight is 171 g/mol. The molecule has 0 aliphatic rings. The summed E-state index contributed by atoms with van der Waals surface area (Å²) in [4.78, 5) is 0. The van der Waals surface area contributed by atoms with Crippen LogP contribution in [0.1, 0.15) is 0 Å². The minimum absolute atomic E-state index is 0.609. The van der Waals surface area contributed by atoms with Crippen LogP contribution in [-0.4, -0.2) is 25.6 Å². The van der Waals surface area contributed by atoms with Gasteiger partial charge in [-0.15, -0.1) is 0 Å². The summed E-state index contributed by atoms with van der Waals surface area (Å²) >= 11 is 0. The monoisotopic (exact) mass is 171 g/mol. The third-order valence-corrected chi connectivity index (χ3v) is 0.780. The van der Waals surface area contributed by atoms with Crippen molar-refractivity contribution in [3.63, 3.8) is 0 Å². The van der Waals surface area contributed by atoms with Crippen LogP contribution in [0.5, 0.6) is 0 Å². The van der Waals surface area contributed by atoms with Crippen molar-refractivity contribution in [2.45, 2.75) is 12.3 Å². The summed E-state index contributed by atoms with van der Waals surface area (Å²) in [7, 11) is 0. The first-order chi connectivity index (χ1) is 5.00. The van der Waals surface area contributed by atoms with Crippen molar-refractivity contribution < 1.29 is 22.3 Å². The fourth-order valence-electron chi connectivity index (χ4n) is 0.296. The molecule has 0 saturated carbocycles. The van der Waals surface area contributed by atoms with E-state index in [1.54, 1.807) is 0 Å². The Hall–Kier alpha value is -0.830. The number of halogens is 4. The second kappa shape index (κ2) is 4.13. The van der Waals surface area contributed by atoms with E-state index < -0.39 is 25.6 Å². The van der Waals surface area contributed by atoms with Crippen LogP contribution in [0.3, 0.4) is 0 Å². The van der Waals surface area contributed by atoms with Crippen LogP contribution < -0.4 is 0 Å². The van der Waals surface area contributed by atoms with E-state index in [1.807, 2.05) is 0 Å². The SMILES string of the molecule is N#CCOCC(F)(F)C(F)F. The van der Waals surface area contributed by atoms with Gasteiger partial charge in [0, 0.05) is 0 Å². The fourth-order valence-corrected chi connectivity index (χ4v) is 0.296. The maximum atomic E-state index is 11.9. The first-order valence-corrected chi connectivity index (χ1v) is 2.61. The standard InChI is InChI=1S/C5H5F4NO/c6-4(7)5(8,9)3-11-2-1-10/h4H,2-3H2. The molecule has 11 heavy (non-hydrogen) atoms. The fraction of sp³-hybridized carbons (Fsp3) is 0.800. The predicted octanol–water partition coefficient (Wildman–Crippen LogP) is 1.43. The van der Waals surface area contributed by atoms with E-state index in [2.05, 4.69) is 4.74 Å². The summed E-state index contributed by atoms with van der Waals surface area (Å²) in [6.07, 6.45) is -3.75. The number of rotatable bonds is 4. The van der Waals surface area contributed by atoms with Crippen molar-refractivity contribution in [3.05, 3.63) is 0 Å². The summed E-state index contributed by atoms with van der Waals surface area (Å²) in [5.74, 6) is -4.16. The lowest BCUT2D eigenvalue weighted by atomic mass is 10.4. The van der Waals surface area contributed by atoms with Crippen molar-refractivity contribution in [2.75, 3.05) is 13.2 Å². The Balaban J connectivity index is 3.66. The molecule has 0 amide bonds. The van der Waals surface area contributed by atoms with Gasteiger partial charge in [0.05, 0.1) is 6.07 Å². The normalized spacial score (nSPS) is 11.6. The Morgan fingerprint density at radius 2 is 2.00 bits per heavy atom. The molecular weight excluding hydrogens is 166 g/mol. The molecule has 0 bridgehead atoms. The van der Waals surface area contributed by atoms with Gasteiger partial charge in [-0.3, -0.25) is 0 Å². The van der Waals surface area contributed by atoms with E-state index in [0.717, 1.165) is 0 Å². The Kier molecular flexibility index (Phi) is 3.82. The van der Waals surface area contributed by atoms with Gasteiger partial charge in [-0.2, -0.15) is 14.0 Å². The van der Waals surface area contributed by atoms with Crippen molar-refractivity contribution in [1.82, 2.24) is 0 Å². The molecule has 0 atom stereocenters. The highest BCUT2D eigenvalue weighted by Crippen LogP contribution is 2.22. The minimum Gasteiger partial charge on any atom is -0.360 e. The Morgan fingerprint density at radius 3 is 2.36 bits per heavy atom. The van der Waals surface area contributed by atoms with E-state index in [1.165, 1.54) is 6.07 Å². The molecule has 64 valence electrons. The Bertz CT molecular complexity index is 153. The van der Waals surface area contributed by atoms with Crippen LogP contribution in [-0.2, 0) is 4.74 Å². The third kappa shape index (κ3) is 3.78. The summed E-state index contributed by atoms with van der Waals surface area (Å²) in [5.41, 5.74) is 0. The van der Waals surface area contributed by atoms with Gasteiger partial charge in [0.2, 0.25) is 0 Å². The number of hydrogen-bond acceptors (Lipinski definition) is 2. The second-order valence-corrected chi connectivity index (χ2v) is 1.71. The molecule has 0 rings (SSSR count). The van der Waals surface area contributed by atoms with Gasteiger partial charge in [0.1, 0.15) is 13.2 Å². The third-order valence-electron chi connectivity index (χ3n) is 0.780. The topological polar surface area (TPSA) is 33.0 Å². The van der Waals surface area contributed by atoms with Crippen LogP contribution in [0.25, 0.3) is 0 Å². The van der Waals surface area contributed by atoms with Crippen molar-refractivity contribution in [3.8, 4) is 6.07 Å². The second-order valence-electron chi connectivity index (χ2n) is 1.71. The maximum Gasteiger partial charge on any atom is 0.330 e. The smallest absolute Gasteiger partial charge is 0.330 e. The highest BCUT2D eigenvalue weighted by Gasteiger charge is 2.40. The van der Waals surface area contributed by atoms with Gasteiger partial charge < -0.3 is 4.74 Å². The summed E-state index contributed by atoms with van der Waals surface area (Å²) in [6.45, 7) is -2.03. The predicted molar refractivity (Wildman–Crippen MR) is 27.4 cm³/mol. The number of ether oxygens (including phenoxy) is 1. The molecule has 0 heterocycles. The van der Waals surface area contributed by atoms with Crippen LogP contribution in [0.2, 0.25) is 0 Å². The molecule has 0 aromatic carbocycles. The number of alkyl halides is 4. The zero-order valence-electron chi connectivity index (χ0n) is 5.36. The van der Waals surface area contributed by atoms with E-state index in [4.69, 9.17) is 5.26 Å². The van der Waals surface area contributed by atoms with E-state index in [-0.39, 0.29) is 0 Å². The van der Waals surface area contributed by atoms with E-state index >= 15 is 0 Å². The minimum atomic E-state index is -4.16. The molecule has 0 aliphatic carbocycles. The highest BCUT2D eigenvalue weighted by molar-refractivity contribution is 4.71. The van der Waals surface area contributed by atoms with Gasteiger partial charge >= 0.3 is 12.3 Å².